The molecule has 0 saturated heterocycles. The van der Waals surface area contributed by atoms with Crippen molar-refractivity contribution in [1.82, 2.24) is 4.72 Å². The van der Waals surface area contributed by atoms with Gasteiger partial charge in [0.15, 0.2) is 0 Å². The van der Waals surface area contributed by atoms with Crippen molar-refractivity contribution in [2.24, 2.45) is 11.7 Å². The fraction of sp³-hybridized carbons (Fsp3) is 0.833. The van der Waals surface area contributed by atoms with Gasteiger partial charge in [-0.1, -0.05) is 20.3 Å². The van der Waals surface area contributed by atoms with Crippen molar-refractivity contribution < 1.29 is 17.8 Å². The molecular formula is C6H14N2O4S. The first-order valence-electron chi connectivity index (χ1n) is 3.82. The van der Waals surface area contributed by atoms with Gasteiger partial charge in [-0.3, -0.25) is 9.35 Å². The zero-order chi connectivity index (χ0) is 10.6. The van der Waals surface area contributed by atoms with Crippen LogP contribution in [0, 0.1) is 5.92 Å². The first-order valence-corrected chi connectivity index (χ1v) is 5.26. The Balaban J connectivity index is 4.28. The fourth-order valence-electron chi connectivity index (χ4n) is 0.708. The van der Waals surface area contributed by atoms with Crippen LogP contribution in [-0.4, -0.2) is 24.9 Å². The van der Waals surface area contributed by atoms with Crippen LogP contribution in [0.15, 0.2) is 0 Å². The van der Waals surface area contributed by atoms with Crippen molar-refractivity contribution in [1.29, 1.82) is 0 Å². The normalized spacial score (nSPS) is 16.3. The van der Waals surface area contributed by atoms with Crippen molar-refractivity contribution in [2.75, 3.05) is 0 Å². The van der Waals surface area contributed by atoms with Gasteiger partial charge in [0.05, 0.1) is 6.04 Å². The van der Waals surface area contributed by atoms with Gasteiger partial charge < -0.3 is 5.73 Å². The van der Waals surface area contributed by atoms with Gasteiger partial charge in [-0.2, -0.15) is 8.42 Å². The molecule has 78 valence electrons. The first-order chi connectivity index (χ1) is 5.78. The van der Waals surface area contributed by atoms with Gasteiger partial charge in [-0.05, 0) is 5.92 Å². The van der Waals surface area contributed by atoms with E-state index in [0.29, 0.717) is 6.42 Å². The van der Waals surface area contributed by atoms with E-state index in [0.717, 1.165) is 0 Å². The van der Waals surface area contributed by atoms with Crippen molar-refractivity contribution >= 4 is 16.2 Å². The highest BCUT2D eigenvalue weighted by atomic mass is 32.2. The average Bonchev–Trinajstić information content (AvgIpc) is 1.98. The summed E-state index contributed by atoms with van der Waals surface area (Å²) in [5.41, 5.74) is 5.39. The molecule has 6 nitrogen and oxygen atoms in total. The van der Waals surface area contributed by atoms with E-state index in [1.807, 2.05) is 6.92 Å². The quantitative estimate of drug-likeness (QED) is 0.530. The van der Waals surface area contributed by atoms with Crippen LogP contribution in [0.1, 0.15) is 20.3 Å². The van der Waals surface area contributed by atoms with Gasteiger partial charge in [-0.25, -0.2) is 4.72 Å². The molecule has 1 amide bonds. The summed E-state index contributed by atoms with van der Waals surface area (Å²) >= 11 is 0. The Kier molecular flexibility index (Phi) is 4.31. The van der Waals surface area contributed by atoms with Gasteiger partial charge in [0, 0.05) is 0 Å². The minimum atomic E-state index is -4.49. The Morgan fingerprint density at radius 3 is 2.38 bits per heavy atom. The SMILES string of the molecule is CC[C@H](C)[C@@H](N)C(=O)NS(=O)(=O)O. The number of amides is 1. The summed E-state index contributed by atoms with van der Waals surface area (Å²) in [5.74, 6) is -1.03. The van der Waals surface area contributed by atoms with E-state index < -0.39 is 22.3 Å². The third-order valence-electron chi connectivity index (χ3n) is 1.79. The summed E-state index contributed by atoms with van der Waals surface area (Å²) in [6.07, 6.45) is 0.653. The Bertz CT molecular complexity index is 274. The minimum absolute atomic E-state index is 0.137. The topological polar surface area (TPSA) is 109 Å². The molecular weight excluding hydrogens is 196 g/mol. The monoisotopic (exact) mass is 210 g/mol. The van der Waals surface area contributed by atoms with Crippen LogP contribution in [0.2, 0.25) is 0 Å². The summed E-state index contributed by atoms with van der Waals surface area (Å²) in [6, 6.07) is -0.924. The molecule has 0 spiro atoms. The number of carbonyl (C=O) groups is 1. The second-order valence-corrected chi connectivity index (χ2v) is 4.01. The van der Waals surface area contributed by atoms with Crippen LogP contribution in [0.3, 0.4) is 0 Å². The summed E-state index contributed by atoms with van der Waals surface area (Å²) in [5, 5.41) is 0. The lowest BCUT2D eigenvalue weighted by Gasteiger charge is -2.16. The lowest BCUT2D eigenvalue weighted by Crippen LogP contribution is -2.46. The molecule has 0 aromatic rings. The van der Waals surface area contributed by atoms with Crippen LogP contribution < -0.4 is 10.5 Å². The minimum Gasteiger partial charge on any atom is -0.320 e. The fourth-order valence-corrected chi connectivity index (χ4v) is 1.10. The van der Waals surface area contributed by atoms with Crippen LogP contribution in [0.4, 0.5) is 0 Å². The highest BCUT2D eigenvalue weighted by molar-refractivity contribution is 7.84. The molecule has 0 heterocycles. The molecule has 0 saturated carbocycles. The maximum absolute atomic E-state index is 11.0. The predicted molar refractivity (Wildman–Crippen MR) is 47.1 cm³/mol. The number of hydrogen-bond acceptors (Lipinski definition) is 4. The third kappa shape index (κ3) is 4.81. The molecule has 0 fully saturated rings. The van der Waals surface area contributed by atoms with Gasteiger partial charge in [0.25, 0.3) is 5.91 Å². The number of rotatable bonds is 4. The Morgan fingerprint density at radius 1 is 1.62 bits per heavy atom. The van der Waals surface area contributed by atoms with E-state index in [9.17, 15) is 13.2 Å². The molecule has 0 aromatic heterocycles. The maximum atomic E-state index is 11.0. The van der Waals surface area contributed by atoms with Crippen molar-refractivity contribution in [3.63, 3.8) is 0 Å². The lowest BCUT2D eigenvalue weighted by atomic mass is 10.00. The predicted octanol–water partition coefficient (Wildman–Crippen LogP) is -0.721. The highest BCUT2D eigenvalue weighted by Gasteiger charge is 2.22. The van der Waals surface area contributed by atoms with E-state index in [-0.39, 0.29) is 5.92 Å². The van der Waals surface area contributed by atoms with Crippen molar-refractivity contribution in [3.8, 4) is 0 Å². The van der Waals surface area contributed by atoms with Gasteiger partial charge in [0.2, 0.25) is 0 Å². The van der Waals surface area contributed by atoms with Gasteiger partial charge in [0.1, 0.15) is 0 Å². The van der Waals surface area contributed by atoms with Crippen molar-refractivity contribution in [3.05, 3.63) is 0 Å². The smallest absolute Gasteiger partial charge is 0.320 e. The average molecular weight is 210 g/mol. The van der Waals surface area contributed by atoms with E-state index in [4.69, 9.17) is 10.3 Å². The molecule has 0 aliphatic heterocycles. The molecule has 0 rings (SSSR count). The molecule has 0 aliphatic rings. The standard InChI is InChI=1S/C6H14N2O4S/c1-3-4(2)5(7)6(9)8-13(10,11)12/h4-5H,3,7H2,1-2H3,(H,8,9)(H,10,11,12)/t4-,5+/m0/s1. The number of nitrogens with two attached hydrogens (primary N) is 1. The van der Waals surface area contributed by atoms with E-state index >= 15 is 0 Å². The van der Waals surface area contributed by atoms with E-state index in [1.54, 1.807) is 6.92 Å². The molecule has 7 heteroatoms. The van der Waals surface area contributed by atoms with E-state index in [1.165, 1.54) is 4.72 Å². The number of nitrogens with one attached hydrogen (secondary N) is 1. The molecule has 2 atom stereocenters. The zero-order valence-corrected chi connectivity index (χ0v) is 8.34. The molecule has 4 N–H and O–H groups in total. The molecule has 0 aliphatic carbocycles. The maximum Gasteiger partial charge on any atom is 0.359 e. The summed E-state index contributed by atoms with van der Waals surface area (Å²) in [4.78, 5) is 11.0. The lowest BCUT2D eigenvalue weighted by molar-refractivity contribution is -0.121. The first kappa shape index (κ1) is 12.3. The summed E-state index contributed by atoms with van der Waals surface area (Å²) < 4.78 is 30.1. The van der Waals surface area contributed by atoms with Crippen LogP contribution in [0.25, 0.3) is 0 Å². The zero-order valence-electron chi connectivity index (χ0n) is 7.52. The molecule has 0 aromatic carbocycles. The van der Waals surface area contributed by atoms with Crippen LogP contribution >= 0.6 is 0 Å². The number of hydrogen-bond donors (Lipinski definition) is 3. The van der Waals surface area contributed by atoms with Gasteiger partial charge >= 0.3 is 10.3 Å². The molecule has 0 radical (unpaired) electrons. The van der Waals surface area contributed by atoms with E-state index in [2.05, 4.69) is 0 Å². The largest absolute Gasteiger partial charge is 0.359 e. The Labute approximate surface area is 77.4 Å². The Morgan fingerprint density at radius 2 is 2.08 bits per heavy atom. The molecule has 13 heavy (non-hydrogen) atoms. The number of carbonyl (C=O) groups excluding carboxylic acids is 1. The second kappa shape index (κ2) is 4.54. The van der Waals surface area contributed by atoms with Crippen molar-refractivity contribution in [2.45, 2.75) is 26.3 Å². The second-order valence-electron chi connectivity index (χ2n) is 2.85. The molecule has 0 bridgehead atoms. The highest BCUT2D eigenvalue weighted by Crippen LogP contribution is 2.05. The summed E-state index contributed by atoms with van der Waals surface area (Å²) in [7, 11) is -4.49. The van der Waals surface area contributed by atoms with Gasteiger partial charge in [-0.15, -0.1) is 0 Å². The van der Waals surface area contributed by atoms with Crippen LogP contribution in [-0.2, 0) is 15.1 Å². The summed E-state index contributed by atoms with van der Waals surface area (Å²) in [6.45, 7) is 3.54. The van der Waals surface area contributed by atoms with Crippen LogP contribution in [0.5, 0.6) is 0 Å². The Hall–Kier alpha value is -0.660. The molecule has 0 unspecified atom stereocenters. The third-order valence-corrected chi connectivity index (χ3v) is 2.25.